The summed E-state index contributed by atoms with van der Waals surface area (Å²) in [6.07, 6.45) is 7.65. The molecule has 0 aromatic heterocycles. The van der Waals surface area contributed by atoms with Crippen molar-refractivity contribution in [3.05, 3.63) is 23.3 Å². The monoisotopic (exact) mass is 470 g/mol. The van der Waals surface area contributed by atoms with E-state index in [1.807, 2.05) is 13.8 Å². The van der Waals surface area contributed by atoms with Crippen molar-refractivity contribution < 1.29 is 29.3 Å². The van der Waals surface area contributed by atoms with Crippen molar-refractivity contribution in [1.82, 2.24) is 0 Å². The number of rotatable bonds is 3. The number of allylic oxidation sites excluding steroid dienone is 1. The summed E-state index contributed by atoms with van der Waals surface area (Å²) in [7, 11) is 0. The van der Waals surface area contributed by atoms with Gasteiger partial charge in [0.05, 0.1) is 18.1 Å². The summed E-state index contributed by atoms with van der Waals surface area (Å²) in [4.78, 5) is 25.8. The number of carbonyl (C=O) groups excluding carboxylic acids is 2. The van der Waals surface area contributed by atoms with E-state index in [1.165, 1.54) is 6.08 Å². The lowest BCUT2D eigenvalue weighted by atomic mass is 9.44. The average molecular weight is 471 g/mol. The fourth-order valence-electron chi connectivity index (χ4n) is 9.62. The Labute approximate surface area is 201 Å². The molecule has 34 heavy (non-hydrogen) atoms. The van der Waals surface area contributed by atoms with Gasteiger partial charge in [0.25, 0.3) is 0 Å². The molecule has 6 rings (SSSR count). The molecular formula is C28H38O6. The normalized spacial score (nSPS) is 52.4. The number of ketones is 1. The van der Waals surface area contributed by atoms with Gasteiger partial charge in [-0.3, -0.25) is 4.79 Å². The van der Waals surface area contributed by atoms with E-state index in [-0.39, 0.29) is 47.8 Å². The van der Waals surface area contributed by atoms with Crippen LogP contribution in [0.1, 0.15) is 66.2 Å². The Balaban J connectivity index is 1.30. The van der Waals surface area contributed by atoms with Gasteiger partial charge in [-0.1, -0.05) is 19.4 Å². The van der Waals surface area contributed by atoms with E-state index in [0.29, 0.717) is 17.8 Å². The lowest BCUT2D eigenvalue weighted by molar-refractivity contribution is -0.164. The Morgan fingerprint density at radius 2 is 1.94 bits per heavy atom. The molecule has 0 aromatic carbocycles. The van der Waals surface area contributed by atoms with Gasteiger partial charge < -0.3 is 19.7 Å². The molecule has 6 nitrogen and oxygen atoms in total. The molecule has 1 saturated heterocycles. The number of esters is 1. The molecule has 2 aliphatic heterocycles. The lowest BCUT2D eigenvalue weighted by Crippen LogP contribution is -2.66. The first-order valence-electron chi connectivity index (χ1n) is 13.2. The summed E-state index contributed by atoms with van der Waals surface area (Å²) in [5.74, 6) is 1.23. The highest BCUT2D eigenvalue weighted by Gasteiger charge is 2.81. The maximum Gasteiger partial charge on any atom is 0.333 e. The first-order chi connectivity index (χ1) is 16.1. The van der Waals surface area contributed by atoms with Crippen LogP contribution in [0.25, 0.3) is 0 Å². The van der Waals surface area contributed by atoms with Crippen LogP contribution in [0, 0.1) is 40.4 Å². The van der Waals surface area contributed by atoms with Crippen LogP contribution in [0.4, 0.5) is 0 Å². The number of cyclic esters (lactones) is 1. The predicted molar refractivity (Wildman–Crippen MR) is 124 cm³/mol. The minimum Gasteiger partial charge on any atom is -0.458 e. The molecule has 2 N–H and O–H groups in total. The van der Waals surface area contributed by atoms with Gasteiger partial charge >= 0.3 is 5.97 Å². The van der Waals surface area contributed by atoms with Crippen LogP contribution in [0.2, 0.25) is 0 Å². The van der Waals surface area contributed by atoms with E-state index in [4.69, 9.17) is 9.47 Å². The van der Waals surface area contributed by atoms with Crippen molar-refractivity contribution >= 4 is 11.8 Å². The van der Waals surface area contributed by atoms with Gasteiger partial charge in [-0.05, 0) is 93.1 Å². The van der Waals surface area contributed by atoms with Gasteiger partial charge in [0.15, 0.2) is 5.78 Å². The summed E-state index contributed by atoms with van der Waals surface area (Å²) < 4.78 is 12.1. The zero-order valence-corrected chi connectivity index (χ0v) is 20.8. The third-order valence-electron chi connectivity index (χ3n) is 11.6. The van der Waals surface area contributed by atoms with Crippen LogP contribution in [0.15, 0.2) is 23.3 Å². The molecular weight excluding hydrogens is 432 g/mol. The maximum atomic E-state index is 13.4. The van der Waals surface area contributed by atoms with E-state index in [1.54, 1.807) is 6.08 Å². The number of fused-ring (bicyclic) bond motifs is 4. The quantitative estimate of drug-likeness (QED) is 0.485. The molecule has 0 radical (unpaired) electrons. The zero-order chi connectivity index (χ0) is 24.2. The zero-order valence-electron chi connectivity index (χ0n) is 20.8. The smallest absolute Gasteiger partial charge is 0.333 e. The Hall–Kier alpha value is -1.50. The molecule has 3 saturated carbocycles. The summed E-state index contributed by atoms with van der Waals surface area (Å²) >= 11 is 0. The van der Waals surface area contributed by atoms with Crippen molar-refractivity contribution in [1.29, 1.82) is 0 Å². The van der Waals surface area contributed by atoms with Crippen molar-refractivity contribution in [3.8, 4) is 0 Å². The highest BCUT2D eigenvalue weighted by Crippen LogP contribution is 2.73. The maximum absolute atomic E-state index is 13.4. The fraction of sp³-hybridized carbons (Fsp3) is 0.786. The minimum absolute atomic E-state index is 0.0239. The van der Waals surface area contributed by atoms with Gasteiger partial charge in [-0.15, -0.1) is 0 Å². The van der Waals surface area contributed by atoms with Gasteiger partial charge in [0.2, 0.25) is 0 Å². The number of hydrogen-bond donors (Lipinski definition) is 2. The van der Waals surface area contributed by atoms with Crippen LogP contribution in [-0.2, 0) is 19.1 Å². The largest absolute Gasteiger partial charge is 0.458 e. The number of ether oxygens (including phenoxy) is 2. The molecule has 0 aromatic rings. The van der Waals surface area contributed by atoms with Crippen molar-refractivity contribution in [2.45, 2.75) is 90.1 Å². The second-order valence-corrected chi connectivity index (χ2v) is 12.5. The molecule has 4 fully saturated rings. The van der Waals surface area contributed by atoms with Crippen LogP contribution < -0.4 is 0 Å². The number of carbonyl (C=O) groups is 2. The standard InChI is InChI=1S/C28H38O6/c1-14-11-21(33-25(32)15(14)2)16(3)18-5-6-19-17-12-24-28(34-24)23(31)8-7-22(30)27(28,13-29)20(17)9-10-26(18,19)4/h7-8,16-21,23-24,29,31H,5-6,9-13H2,1-4H3/t16-,17-,18?,19-,20-,21+,23-,24+,26+,27-,28+/m0/s1. The molecule has 6 heteroatoms. The average Bonchev–Trinajstić information content (AvgIpc) is 3.44. The summed E-state index contributed by atoms with van der Waals surface area (Å²) in [6, 6.07) is 0. The first-order valence-corrected chi connectivity index (χ1v) is 13.2. The summed E-state index contributed by atoms with van der Waals surface area (Å²) in [5.41, 5.74) is 0.0224. The lowest BCUT2D eigenvalue weighted by Gasteiger charge is -2.58. The van der Waals surface area contributed by atoms with Crippen LogP contribution in [-0.4, -0.2) is 52.5 Å². The molecule has 6 aliphatic rings. The van der Waals surface area contributed by atoms with E-state index < -0.39 is 17.1 Å². The molecule has 4 aliphatic carbocycles. The minimum atomic E-state index is -1.03. The number of aliphatic hydroxyl groups excluding tert-OH is 2. The second kappa shape index (κ2) is 7.27. The number of hydrogen-bond acceptors (Lipinski definition) is 6. The molecule has 1 spiro atoms. The third kappa shape index (κ3) is 2.58. The van der Waals surface area contributed by atoms with Crippen molar-refractivity contribution in [2.75, 3.05) is 6.61 Å². The van der Waals surface area contributed by atoms with Gasteiger partial charge in [-0.25, -0.2) is 4.79 Å². The van der Waals surface area contributed by atoms with Crippen molar-refractivity contribution in [3.63, 3.8) is 0 Å². The van der Waals surface area contributed by atoms with E-state index in [0.717, 1.165) is 49.7 Å². The molecule has 1 unspecified atom stereocenters. The highest BCUT2D eigenvalue weighted by molar-refractivity contribution is 5.98. The predicted octanol–water partition coefficient (Wildman–Crippen LogP) is 3.35. The molecule has 11 atom stereocenters. The van der Waals surface area contributed by atoms with E-state index in [9.17, 15) is 19.8 Å². The van der Waals surface area contributed by atoms with E-state index >= 15 is 0 Å². The van der Waals surface area contributed by atoms with Gasteiger partial charge in [0, 0.05) is 12.0 Å². The molecule has 0 amide bonds. The third-order valence-corrected chi connectivity index (χ3v) is 11.6. The second-order valence-electron chi connectivity index (χ2n) is 12.5. The number of aliphatic hydroxyl groups is 2. The first kappa shape index (κ1) is 22.9. The van der Waals surface area contributed by atoms with Crippen LogP contribution in [0.5, 0.6) is 0 Å². The fourth-order valence-corrected chi connectivity index (χ4v) is 9.62. The highest BCUT2D eigenvalue weighted by atomic mass is 16.6. The molecule has 186 valence electrons. The van der Waals surface area contributed by atoms with Crippen molar-refractivity contribution in [2.24, 2.45) is 40.4 Å². The summed E-state index contributed by atoms with van der Waals surface area (Å²) in [6.45, 7) is 8.30. The van der Waals surface area contributed by atoms with Crippen LogP contribution in [0.3, 0.4) is 0 Å². The topological polar surface area (TPSA) is 96.4 Å². The van der Waals surface area contributed by atoms with Gasteiger partial charge in [-0.2, -0.15) is 0 Å². The number of epoxide rings is 1. The summed E-state index contributed by atoms with van der Waals surface area (Å²) in [5, 5.41) is 21.5. The Morgan fingerprint density at radius 1 is 1.18 bits per heavy atom. The van der Waals surface area contributed by atoms with Crippen LogP contribution >= 0.6 is 0 Å². The Morgan fingerprint density at radius 3 is 2.65 bits per heavy atom. The molecule has 2 heterocycles. The Kier molecular flexibility index (Phi) is 4.90. The molecule has 0 bridgehead atoms. The SMILES string of the molecule is CC1=C(C)C(=O)O[C@@H]([C@@H](C)C2CC[C@H]3[C@@H]4C[C@H]5O[C@]56[C@@H](O)C=CC(=O)[C@]6(CO)[C@H]4CC[C@]23C)C1. The Bertz CT molecular complexity index is 999. The van der Waals surface area contributed by atoms with Gasteiger partial charge in [0.1, 0.15) is 17.8 Å². The van der Waals surface area contributed by atoms with E-state index in [2.05, 4.69) is 13.8 Å².